The third-order valence-corrected chi connectivity index (χ3v) is 5.49. The number of nitro benzene ring substituents is 1. The lowest BCUT2D eigenvalue weighted by molar-refractivity contribution is -0.387. The van der Waals surface area contributed by atoms with Gasteiger partial charge in [-0.05, 0) is 37.2 Å². The average molecular weight is 314 g/mol. The molecule has 1 aliphatic rings. The van der Waals surface area contributed by atoms with Gasteiger partial charge in [0.05, 0.1) is 4.92 Å². The summed E-state index contributed by atoms with van der Waals surface area (Å²) >= 11 is 0. The molecule has 0 spiro atoms. The van der Waals surface area contributed by atoms with Gasteiger partial charge in [0.2, 0.25) is 10.0 Å². The van der Waals surface area contributed by atoms with Crippen molar-refractivity contribution in [3.05, 3.63) is 33.9 Å². The van der Waals surface area contributed by atoms with Crippen LogP contribution in [0.15, 0.2) is 23.1 Å². The van der Waals surface area contributed by atoms with Gasteiger partial charge in [-0.3, -0.25) is 10.1 Å². The van der Waals surface area contributed by atoms with Crippen LogP contribution in [0.5, 0.6) is 0 Å². The Kier molecular flexibility index (Phi) is 4.31. The molecule has 0 amide bonds. The van der Waals surface area contributed by atoms with Gasteiger partial charge >= 0.3 is 0 Å². The zero-order valence-corrected chi connectivity index (χ0v) is 12.5. The van der Waals surface area contributed by atoms with Crippen LogP contribution in [-0.2, 0) is 10.0 Å². The number of aliphatic hydroxyl groups excluding tert-OH is 1. The van der Waals surface area contributed by atoms with E-state index in [1.165, 1.54) is 25.1 Å². The highest BCUT2D eigenvalue weighted by atomic mass is 32.2. The number of nitrogens with zero attached hydrogens (tertiary/aromatic N) is 1. The minimum absolute atomic E-state index is 0.00619. The van der Waals surface area contributed by atoms with E-state index in [1.807, 2.05) is 0 Å². The first-order valence-corrected chi connectivity index (χ1v) is 8.14. The van der Waals surface area contributed by atoms with Crippen LogP contribution < -0.4 is 4.72 Å². The number of aliphatic hydroxyl groups is 1. The zero-order valence-electron chi connectivity index (χ0n) is 11.7. The Labute approximate surface area is 123 Å². The Hall–Kier alpha value is -1.51. The van der Waals surface area contributed by atoms with Gasteiger partial charge in [-0.25, -0.2) is 13.1 Å². The summed E-state index contributed by atoms with van der Waals surface area (Å²) in [5, 5.41) is 20.0. The van der Waals surface area contributed by atoms with Crippen LogP contribution in [0.3, 0.4) is 0 Å². The SMILES string of the molecule is Cc1cccc([N+](=O)[O-])c1S(=O)(=O)NCC1(CCO)CC1. The second-order valence-corrected chi connectivity index (χ2v) is 7.18. The predicted molar refractivity (Wildman–Crippen MR) is 76.4 cm³/mol. The largest absolute Gasteiger partial charge is 0.396 e. The highest BCUT2D eigenvalue weighted by molar-refractivity contribution is 7.89. The molecule has 1 aromatic carbocycles. The molecule has 0 bridgehead atoms. The van der Waals surface area contributed by atoms with Crippen molar-refractivity contribution in [2.75, 3.05) is 13.2 Å². The average Bonchev–Trinajstić information content (AvgIpc) is 3.17. The predicted octanol–water partition coefficient (Wildman–Crippen LogP) is 1.34. The van der Waals surface area contributed by atoms with Gasteiger partial charge < -0.3 is 5.11 Å². The van der Waals surface area contributed by atoms with Crippen LogP contribution in [-0.4, -0.2) is 31.6 Å². The van der Waals surface area contributed by atoms with Gasteiger partial charge in [-0.2, -0.15) is 0 Å². The maximum Gasteiger partial charge on any atom is 0.289 e. The van der Waals surface area contributed by atoms with Crippen molar-refractivity contribution in [3.8, 4) is 0 Å². The van der Waals surface area contributed by atoms with Gasteiger partial charge in [0, 0.05) is 19.2 Å². The van der Waals surface area contributed by atoms with Crippen molar-refractivity contribution in [2.45, 2.75) is 31.1 Å². The monoisotopic (exact) mass is 314 g/mol. The molecule has 0 radical (unpaired) electrons. The first kappa shape index (κ1) is 15.9. The number of nitrogens with one attached hydrogen (secondary N) is 1. The quantitative estimate of drug-likeness (QED) is 0.583. The molecule has 21 heavy (non-hydrogen) atoms. The Balaban J connectivity index is 2.26. The third kappa shape index (κ3) is 3.39. The summed E-state index contributed by atoms with van der Waals surface area (Å²) in [5.74, 6) is 0. The van der Waals surface area contributed by atoms with E-state index in [-0.39, 0.29) is 23.5 Å². The fraction of sp³-hybridized carbons (Fsp3) is 0.538. The fourth-order valence-electron chi connectivity index (χ4n) is 2.38. The van der Waals surface area contributed by atoms with Crippen molar-refractivity contribution in [2.24, 2.45) is 5.41 Å². The van der Waals surface area contributed by atoms with Crippen LogP contribution in [0.1, 0.15) is 24.8 Å². The van der Waals surface area contributed by atoms with Gasteiger partial charge in [-0.15, -0.1) is 0 Å². The lowest BCUT2D eigenvalue weighted by Crippen LogP contribution is -2.31. The normalized spacial score (nSPS) is 16.7. The second kappa shape index (κ2) is 5.70. The number of nitro groups is 1. The molecule has 0 heterocycles. The van der Waals surface area contributed by atoms with E-state index < -0.39 is 20.6 Å². The van der Waals surface area contributed by atoms with E-state index >= 15 is 0 Å². The Morgan fingerprint density at radius 3 is 2.62 bits per heavy atom. The van der Waals surface area contributed by atoms with E-state index in [2.05, 4.69) is 4.72 Å². The summed E-state index contributed by atoms with van der Waals surface area (Å²) in [7, 11) is -3.95. The first-order valence-electron chi connectivity index (χ1n) is 6.66. The smallest absolute Gasteiger partial charge is 0.289 e. The molecule has 0 aromatic heterocycles. The van der Waals surface area contributed by atoms with Crippen molar-refractivity contribution in [3.63, 3.8) is 0 Å². The molecule has 0 unspecified atom stereocenters. The summed E-state index contributed by atoms with van der Waals surface area (Å²) in [4.78, 5) is 10.0. The van der Waals surface area contributed by atoms with Crippen LogP contribution >= 0.6 is 0 Å². The van der Waals surface area contributed by atoms with Crippen molar-refractivity contribution < 1.29 is 18.4 Å². The minimum Gasteiger partial charge on any atom is -0.396 e. The zero-order chi connectivity index (χ0) is 15.7. The van der Waals surface area contributed by atoms with Crippen molar-refractivity contribution in [1.82, 2.24) is 4.72 Å². The minimum atomic E-state index is -3.95. The molecule has 0 saturated heterocycles. The molecule has 8 heteroatoms. The second-order valence-electron chi connectivity index (χ2n) is 5.48. The van der Waals surface area contributed by atoms with Crippen molar-refractivity contribution in [1.29, 1.82) is 0 Å². The van der Waals surface area contributed by atoms with Crippen molar-refractivity contribution >= 4 is 15.7 Å². The molecule has 2 rings (SSSR count). The third-order valence-electron chi connectivity index (χ3n) is 3.89. The van der Waals surface area contributed by atoms with E-state index in [0.29, 0.717) is 12.0 Å². The standard InChI is InChI=1S/C13H18N2O5S/c1-10-3-2-4-11(15(17)18)12(10)21(19,20)14-9-13(5-6-13)7-8-16/h2-4,14,16H,5-9H2,1H3. The number of benzene rings is 1. The Morgan fingerprint density at radius 1 is 1.43 bits per heavy atom. The molecule has 2 N–H and O–H groups in total. The van der Waals surface area contributed by atoms with E-state index in [1.54, 1.807) is 0 Å². The van der Waals surface area contributed by atoms with Gasteiger partial charge in [-0.1, -0.05) is 12.1 Å². The maximum absolute atomic E-state index is 12.4. The highest BCUT2D eigenvalue weighted by Gasteiger charge is 2.43. The summed E-state index contributed by atoms with van der Waals surface area (Å²) in [5.41, 5.74) is -0.280. The molecule has 1 aliphatic carbocycles. The molecule has 0 atom stereocenters. The summed E-state index contributed by atoms with van der Waals surface area (Å²) < 4.78 is 27.2. The van der Waals surface area contributed by atoms with Crippen LogP contribution in [0.2, 0.25) is 0 Å². The molecular weight excluding hydrogens is 296 g/mol. The Morgan fingerprint density at radius 2 is 2.10 bits per heavy atom. The first-order chi connectivity index (χ1) is 9.81. The van der Waals surface area contributed by atoms with Crippen LogP contribution in [0.25, 0.3) is 0 Å². The number of aryl methyl sites for hydroxylation is 1. The molecular formula is C13H18N2O5S. The number of sulfonamides is 1. The number of hydrogen-bond donors (Lipinski definition) is 2. The lowest BCUT2D eigenvalue weighted by atomic mass is 10.0. The molecule has 7 nitrogen and oxygen atoms in total. The number of rotatable bonds is 7. The van der Waals surface area contributed by atoms with E-state index in [0.717, 1.165) is 12.8 Å². The van der Waals surface area contributed by atoms with Crippen LogP contribution in [0.4, 0.5) is 5.69 Å². The molecule has 1 aromatic rings. The number of hydrogen-bond acceptors (Lipinski definition) is 5. The summed E-state index contributed by atoms with van der Waals surface area (Å²) in [6, 6.07) is 4.17. The van der Waals surface area contributed by atoms with E-state index in [4.69, 9.17) is 5.11 Å². The van der Waals surface area contributed by atoms with Gasteiger partial charge in [0.1, 0.15) is 0 Å². The summed E-state index contributed by atoms with van der Waals surface area (Å²) in [6.45, 7) is 1.73. The lowest BCUT2D eigenvalue weighted by Gasteiger charge is -2.15. The highest BCUT2D eigenvalue weighted by Crippen LogP contribution is 2.48. The van der Waals surface area contributed by atoms with E-state index in [9.17, 15) is 18.5 Å². The molecule has 1 fully saturated rings. The molecule has 0 aliphatic heterocycles. The van der Waals surface area contributed by atoms with Gasteiger partial charge in [0.25, 0.3) is 5.69 Å². The molecule has 1 saturated carbocycles. The maximum atomic E-state index is 12.4. The Bertz CT molecular complexity index is 653. The topological polar surface area (TPSA) is 110 Å². The summed E-state index contributed by atoms with van der Waals surface area (Å²) in [6.07, 6.45) is 2.24. The fourth-order valence-corrected chi connectivity index (χ4v) is 3.93. The van der Waals surface area contributed by atoms with Crippen LogP contribution in [0, 0.1) is 22.5 Å². The van der Waals surface area contributed by atoms with Gasteiger partial charge in [0.15, 0.2) is 4.90 Å². The molecule has 116 valence electrons.